The standard InChI is InChI=1S/C19H22N2O2/c1-13-6-4-7-16(19(13)23-3)17-8-5-9-18(20-17)21-11-10-15(12-21)14(2)22/h4-9,15H,10-12H2,1-3H3/t15-/m1/s1. The molecule has 1 aromatic carbocycles. The molecule has 23 heavy (non-hydrogen) atoms. The van der Waals surface area contributed by atoms with E-state index in [2.05, 4.69) is 4.90 Å². The Kier molecular flexibility index (Phi) is 4.33. The molecule has 1 aliphatic heterocycles. The average Bonchev–Trinajstić information content (AvgIpc) is 3.05. The third kappa shape index (κ3) is 3.07. The number of nitrogens with zero attached hydrogens (tertiary/aromatic N) is 2. The van der Waals surface area contributed by atoms with E-state index in [-0.39, 0.29) is 11.7 Å². The van der Waals surface area contributed by atoms with Crippen molar-refractivity contribution < 1.29 is 9.53 Å². The molecule has 4 nitrogen and oxygen atoms in total. The highest BCUT2D eigenvalue weighted by Gasteiger charge is 2.26. The number of Topliss-reactive ketones (excluding diaryl/α,β-unsaturated/α-hetero) is 1. The summed E-state index contributed by atoms with van der Waals surface area (Å²) in [6.45, 7) is 5.35. The van der Waals surface area contributed by atoms with Crippen molar-refractivity contribution in [3.05, 3.63) is 42.0 Å². The van der Waals surface area contributed by atoms with Crippen molar-refractivity contribution in [1.29, 1.82) is 0 Å². The van der Waals surface area contributed by atoms with Crippen LogP contribution in [0.15, 0.2) is 36.4 Å². The highest BCUT2D eigenvalue weighted by atomic mass is 16.5. The molecule has 1 atom stereocenters. The van der Waals surface area contributed by atoms with Gasteiger partial charge in [0.25, 0.3) is 0 Å². The van der Waals surface area contributed by atoms with E-state index < -0.39 is 0 Å². The highest BCUT2D eigenvalue weighted by molar-refractivity contribution is 5.79. The molecule has 1 aliphatic rings. The normalized spacial score (nSPS) is 17.3. The zero-order valence-corrected chi connectivity index (χ0v) is 13.9. The number of methoxy groups -OCH3 is 1. The van der Waals surface area contributed by atoms with E-state index in [1.165, 1.54) is 0 Å². The molecule has 3 rings (SSSR count). The molecule has 0 unspecified atom stereocenters. The van der Waals surface area contributed by atoms with E-state index in [0.29, 0.717) is 0 Å². The Morgan fingerprint density at radius 2 is 2.04 bits per heavy atom. The van der Waals surface area contributed by atoms with Crippen LogP contribution in [0, 0.1) is 12.8 Å². The van der Waals surface area contributed by atoms with Gasteiger partial charge in [-0.1, -0.05) is 18.2 Å². The van der Waals surface area contributed by atoms with E-state index in [1.54, 1.807) is 14.0 Å². The zero-order chi connectivity index (χ0) is 16.4. The van der Waals surface area contributed by atoms with Gasteiger partial charge in [0.05, 0.1) is 12.8 Å². The quantitative estimate of drug-likeness (QED) is 0.867. The van der Waals surface area contributed by atoms with E-state index in [4.69, 9.17) is 9.72 Å². The number of hydrogen-bond acceptors (Lipinski definition) is 4. The van der Waals surface area contributed by atoms with Crippen molar-refractivity contribution in [2.45, 2.75) is 20.3 Å². The molecule has 1 aromatic heterocycles. The summed E-state index contributed by atoms with van der Waals surface area (Å²) in [5.41, 5.74) is 2.99. The summed E-state index contributed by atoms with van der Waals surface area (Å²) < 4.78 is 5.55. The number of para-hydroxylation sites is 1. The van der Waals surface area contributed by atoms with Crippen LogP contribution in [-0.2, 0) is 4.79 Å². The van der Waals surface area contributed by atoms with Gasteiger partial charge in [-0.05, 0) is 44.0 Å². The summed E-state index contributed by atoms with van der Waals surface area (Å²) in [6.07, 6.45) is 0.912. The maximum Gasteiger partial charge on any atom is 0.134 e. The minimum Gasteiger partial charge on any atom is -0.496 e. The SMILES string of the molecule is COc1c(C)cccc1-c1cccc(N2CC[C@@H](C(C)=O)C2)n1. The Labute approximate surface area is 137 Å². The minimum atomic E-state index is 0.133. The molecule has 0 radical (unpaired) electrons. The third-order valence-electron chi connectivity index (χ3n) is 4.51. The van der Waals surface area contributed by atoms with Crippen molar-refractivity contribution in [2.24, 2.45) is 5.92 Å². The predicted octanol–water partition coefficient (Wildman–Crippen LogP) is 3.48. The monoisotopic (exact) mass is 310 g/mol. The van der Waals surface area contributed by atoms with Crippen LogP contribution >= 0.6 is 0 Å². The predicted molar refractivity (Wildman–Crippen MR) is 92.0 cm³/mol. The Bertz CT molecular complexity index is 727. The van der Waals surface area contributed by atoms with Crippen LogP contribution in [0.5, 0.6) is 5.75 Å². The van der Waals surface area contributed by atoms with Gasteiger partial charge in [-0.25, -0.2) is 4.98 Å². The van der Waals surface area contributed by atoms with Gasteiger partial charge in [0.1, 0.15) is 17.4 Å². The molecule has 0 bridgehead atoms. The summed E-state index contributed by atoms with van der Waals surface area (Å²) in [6, 6.07) is 12.1. The molecule has 0 saturated carbocycles. The number of pyridine rings is 1. The lowest BCUT2D eigenvalue weighted by Gasteiger charge is -2.18. The van der Waals surface area contributed by atoms with Crippen LogP contribution < -0.4 is 9.64 Å². The molecule has 2 aromatic rings. The number of hydrogen-bond donors (Lipinski definition) is 0. The molecule has 0 N–H and O–H groups in total. The second kappa shape index (κ2) is 6.41. The van der Waals surface area contributed by atoms with Gasteiger partial charge in [-0.2, -0.15) is 0 Å². The van der Waals surface area contributed by atoms with Crippen LogP contribution in [0.4, 0.5) is 5.82 Å². The van der Waals surface area contributed by atoms with Gasteiger partial charge in [-0.3, -0.25) is 4.79 Å². The molecule has 0 amide bonds. The number of carbonyl (C=O) groups excluding carboxylic acids is 1. The first kappa shape index (κ1) is 15.5. The molecule has 4 heteroatoms. The number of ether oxygens (including phenoxy) is 1. The second-order valence-corrected chi connectivity index (χ2v) is 6.08. The largest absolute Gasteiger partial charge is 0.496 e. The second-order valence-electron chi connectivity index (χ2n) is 6.08. The summed E-state index contributed by atoms with van der Waals surface area (Å²) in [5, 5.41) is 0. The van der Waals surface area contributed by atoms with E-state index >= 15 is 0 Å². The fourth-order valence-corrected chi connectivity index (χ4v) is 3.17. The van der Waals surface area contributed by atoms with Crippen molar-refractivity contribution in [2.75, 3.05) is 25.1 Å². The Morgan fingerprint density at radius 3 is 2.74 bits per heavy atom. The Morgan fingerprint density at radius 1 is 1.26 bits per heavy atom. The van der Waals surface area contributed by atoms with E-state index in [0.717, 1.165) is 47.9 Å². The molecule has 1 saturated heterocycles. The first-order valence-corrected chi connectivity index (χ1v) is 7.96. The summed E-state index contributed by atoms with van der Waals surface area (Å²) in [5.74, 6) is 2.19. The lowest BCUT2D eigenvalue weighted by molar-refractivity contribution is -0.120. The fraction of sp³-hybridized carbons (Fsp3) is 0.368. The summed E-state index contributed by atoms with van der Waals surface area (Å²) >= 11 is 0. The van der Waals surface area contributed by atoms with Crippen LogP contribution in [0.1, 0.15) is 18.9 Å². The van der Waals surface area contributed by atoms with Gasteiger partial charge >= 0.3 is 0 Å². The molecule has 0 aliphatic carbocycles. The molecule has 0 spiro atoms. The fourth-order valence-electron chi connectivity index (χ4n) is 3.17. The third-order valence-corrected chi connectivity index (χ3v) is 4.51. The maximum absolute atomic E-state index is 11.6. The van der Waals surface area contributed by atoms with Gasteiger partial charge < -0.3 is 9.64 Å². The van der Waals surface area contributed by atoms with Crippen molar-refractivity contribution in [3.63, 3.8) is 0 Å². The number of anilines is 1. The Hall–Kier alpha value is -2.36. The van der Waals surface area contributed by atoms with Crippen LogP contribution in [0.3, 0.4) is 0 Å². The summed E-state index contributed by atoms with van der Waals surface area (Å²) in [7, 11) is 1.69. The number of aryl methyl sites for hydroxylation is 1. The number of aromatic nitrogens is 1. The van der Waals surface area contributed by atoms with Crippen LogP contribution in [0.25, 0.3) is 11.3 Å². The van der Waals surface area contributed by atoms with Crippen LogP contribution in [0.2, 0.25) is 0 Å². The molecule has 120 valence electrons. The summed E-state index contributed by atoms with van der Waals surface area (Å²) in [4.78, 5) is 18.6. The van der Waals surface area contributed by atoms with Crippen molar-refractivity contribution >= 4 is 11.6 Å². The maximum atomic E-state index is 11.6. The van der Waals surface area contributed by atoms with Gasteiger partial charge in [0.15, 0.2) is 0 Å². The molecule has 1 fully saturated rings. The zero-order valence-electron chi connectivity index (χ0n) is 13.9. The van der Waals surface area contributed by atoms with Gasteiger partial charge in [0, 0.05) is 24.6 Å². The van der Waals surface area contributed by atoms with Gasteiger partial charge in [0.2, 0.25) is 0 Å². The first-order chi connectivity index (χ1) is 11.1. The van der Waals surface area contributed by atoms with E-state index in [9.17, 15) is 4.79 Å². The molecule has 2 heterocycles. The van der Waals surface area contributed by atoms with Crippen molar-refractivity contribution in [1.82, 2.24) is 4.98 Å². The molecular formula is C19H22N2O2. The number of ketones is 1. The smallest absolute Gasteiger partial charge is 0.134 e. The number of rotatable bonds is 4. The highest BCUT2D eigenvalue weighted by Crippen LogP contribution is 2.33. The van der Waals surface area contributed by atoms with E-state index in [1.807, 2.05) is 43.3 Å². The first-order valence-electron chi connectivity index (χ1n) is 7.96. The van der Waals surface area contributed by atoms with Crippen LogP contribution in [-0.4, -0.2) is 31.0 Å². The minimum absolute atomic E-state index is 0.133. The topological polar surface area (TPSA) is 42.4 Å². The lowest BCUT2D eigenvalue weighted by Crippen LogP contribution is -2.22. The number of carbonyl (C=O) groups is 1. The lowest BCUT2D eigenvalue weighted by atomic mass is 10.1. The average molecular weight is 310 g/mol. The molecular weight excluding hydrogens is 288 g/mol. The number of benzene rings is 1. The Balaban J connectivity index is 1.92. The van der Waals surface area contributed by atoms with Crippen molar-refractivity contribution in [3.8, 4) is 17.0 Å². The van der Waals surface area contributed by atoms with Gasteiger partial charge in [-0.15, -0.1) is 0 Å².